The Bertz CT molecular complexity index is 2250. The van der Waals surface area contributed by atoms with E-state index >= 15 is 0 Å². The fourth-order valence-electron chi connectivity index (χ4n) is 5.77. The van der Waals surface area contributed by atoms with Gasteiger partial charge in [-0.1, -0.05) is 133 Å². The summed E-state index contributed by atoms with van der Waals surface area (Å²) in [7, 11) is 0. The third-order valence-corrected chi connectivity index (χ3v) is 7.90. The lowest BCUT2D eigenvalue weighted by atomic mass is 9.93. The number of hydrogen-bond acceptors (Lipinski definition) is 3. The Balaban J connectivity index is 1.33. The molecule has 0 spiro atoms. The summed E-state index contributed by atoms with van der Waals surface area (Å²) in [5.41, 5.74) is 5.28. The predicted molar refractivity (Wildman–Crippen MR) is 174 cm³/mol. The van der Waals surface area contributed by atoms with E-state index in [-0.39, 0.29) is 0 Å². The molecular formula is C39H25N3. The van der Waals surface area contributed by atoms with Gasteiger partial charge in [-0.2, -0.15) is 0 Å². The molecule has 0 aliphatic heterocycles. The zero-order valence-electron chi connectivity index (χ0n) is 22.8. The van der Waals surface area contributed by atoms with E-state index in [1.54, 1.807) is 0 Å². The summed E-state index contributed by atoms with van der Waals surface area (Å²) < 4.78 is 0. The molecule has 0 bridgehead atoms. The van der Waals surface area contributed by atoms with Crippen LogP contribution in [0.5, 0.6) is 0 Å². The van der Waals surface area contributed by atoms with Crippen LogP contribution in [-0.2, 0) is 0 Å². The first-order chi connectivity index (χ1) is 20.8. The fraction of sp³-hybridized carbons (Fsp3) is 0. The molecule has 3 heteroatoms. The van der Waals surface area contributed by atoms with Gasteiger partial charge in [0.05, 0.1) is 0 Å². The van der Waals surface area contributed by atoms with Crippen LogP contribution in [-0.4, -0.2) is 15.0 Å². The molecule has 1 aromatic heterocycles. The summed E-state index contributed by atoms with van der Waals surface area (Å²) >= 11 is 0. The van der Waals surface area contributed by atoms with Crippen LogP contribution in [0, 0.1) is 0 Å². The Morgan fingerprint density at radius 3 is 1.45 bits per heavy atom. The molecule has 0 aliphatic carbocycles. The summed E-state index contributed by atoms with van der Waals surface area (Å²) in [6.45, 7) is 0. The summed E-state index contributed by atoms with van der Waals surface area (Å²) in [4.78, 5) is 15.1. The van der Waals surface area contributed by atoms with Gasteiger partial charge >= 0.3 is 0 Å². The summed E-state index contributed by atoms with van der Waals surface area (Å²) in [5, 5.41) is 7.09. The number of hydrogen-bond donors (Lipinski definition) is 0. The zero-order chi connectivity index (χ0) is 27.9. The molecule has 3 nitrogen and oxygen atoms in total. The van der Waals surface area contributed by atoms with Crippen molar-refractivity contribution in [2.75, 3.05) is 0 Å². The van der Waals surface area contributed by atoms with Gasteiger partial charge in [-0.3, -0.25) is 0 Å². The van der Waals surface area contributed by atoms with Crippen LogP contribution in [0.4, 0.5) is 0 Å². The first-order valence-corrected chi connectivity index (χ1v) is 14.1. The maximum atomic E-state index is 5.08. The van der Waals surface area contributed by atoms with Gasteiger partial charge in [0.2, 0.25) is 0 Å². The molecule has 0 amide bonds. The van der Waals surface area contributed by atoms with E-state index in [1.807, 2.05) is 30.3 Å². The van der Waals surface area contributed by atoms with Crippen molar-refractivity contribution >= 4 is 32.3 Å². The Kier molecular flexibility index (Phi) is 5.79. The van der Waals surface area contributed by atoms with Crippen LogP contribution in [0.1, 0.15) is 0 Å². The molecule has 0 unspecified atom stereocenters. The molecule has 0 N–H and O–H groups in total. The number of aromatic nitrogens is 3. The molecule has 0 aliphatic rings. The van der Waals surface area contributed by atoms with Crippen molar-refractivity contribution < 1.29 is 0 Å². The van der Waals surface area contributed by atoms with Crippen LogP contribution in [0.3, 0.4) is 0 Å². The van der Waals surface area contributed by atoms with Crippen molar-refractivity contribution in [3.8, 4) is 45.3 Å². The Hall–Kier alpha value is -5.67. The lowest BCUT2D eigenvalue weighted by molar-refractivity contribution is 1.08. The highest BCUT2D eigenvalue weighted by Crippen LogP contribution is 2.36. The van der Waals surface area contributed by atoms with Crippen LogP contribution < -0.4 is 0 Å². The molecule has 0 fully saturated rings. The van der Waals surface area contributed by atoms with Gasteiger partial charge < -0.3 is 0 Å². The summed E-state index contributed by atoms with van der Waals surface area (Å²) in [6.07, 6.45) is 0. The lowest BCUT2D eigenvalue weighted by Crippen LogP contribution is -2.00. The maximum Gasteiger partial charge on any atom is 0.164 e. The van der Waals surface area contributed by atoms with Crippen molar-refractivity contribution in [3.63, 3.8) is 0 Å². The average Bonchev–Trinajstić information content (AvgIpc) is 3.07. The lowest BCUT2D eigenvalue weighted by Gasteiger charge is -2.13. The van der Waals surface area contributed by atoms with Gasteiger partial charge in [0.15, 0.2) is 17.5 Å². The van der Waals surface area contributed by atoms with Gasteiger partial charge in [-0.05, 0) is 61.6 Å². The van der Waals surface area contributed by atoms with Crippen molar-refractivity contribution in [2.24, 2.45) is 0 Å². The normalized spacial score (nSPS) is 11.3. The largest absolute Gasteiger partial charge is 0.208 e. The van der Waals surface area contributed by atoms with Crippen LogP contribution in [0.15, 0.2) is 152 Å². The van der Waals surface area contributed by atoms with E-state index in [9.17, 15) is 0 Å². The van der Waals surface area contributed by atoms with E-state index < -0.39 is 0 Å². The average molecular weight is 536 g/mol. The number of fused-ring (bicyclic) bond motifs is 3. The standard InChI is InChI=1S/C39H25N3/c1-2-12-28(13-3-1)37-40-38(32-21-19-27-11-5-7-15-30(27)25-32)42-39(41-37)36-23-22-33(34-16-8-9-17-35(34)36)31-20-18-26-10-4-6-14-29(26)24-31/h1-25H. The van der Waals surface area contributed by atoms with Gasteiger partial charge in [0.25, 0.3) is 0 Å². The Morgan fingerprint density at radius 1 is 0.286 bits per heavy atom. The van der Waals surface area contributed by atoms with E-state index in [0.717, 1.165) is 27.5 Å². The van der Waals surface area contributed by atoms with E-state index in [4.69, 9.17) is 15.0 Å². The minimum Gasteiger partial charge on any atom is -0.208 e. The SMILES string of the molecule is c1ccc(-c2nc(-c3ccc4ccccc4c3)nc(-c3ccc(-c4ccc5ccccc5c4)c4ccccc34)n2)cc1. The summed E-state index contributed by atoms with van der Waals surface area (Å²) in [6, 6.07) is 52.9. The highest BCUT2D eigenvalue weighted by atomic mass is 15.0. The smallest absolute Gasteiger partial charge is 0.164 e. The summed E-state index contributed by atoms with van der Waals surface area (Å²) in [5.74, 6) is 1.98. The molecule has 8 rings (SSSR count). The third kappa shape index (κ3) is 4.29. The molecular weight excluding hydrogens is 510 g/mol. The Labute approximate surface area is 243 Å². The zero-order valence-corrected chi connectivity index (χ0v) is 22.8. The molecule has 7 aromatic carbocycles. The highest BCUT2D eigenvalue weighted by molar-refractivity contribution is 6.05. The fourth-order valence-corrected chi connectivity index (χ4v) is 5.77. The second-order valence-electron chi connectivity index (χ2n) is 10.5. The number of nitrogens with zero attached hydrogens (tertiary/aromatic N) is 3. The van der Waals surface area contributed by atoms with Gasteiger partial charge in [0, 0.05) is 16.7 Å². The molecule has 42 heavy (non-hydrogen) atoms. The molecule has 196 valence electrons. The maximum absolute atomic E-state index is 5.08. The minimum absolute atomic E-state index is 0.659. The van der Waals surface area contributed by atoms with Gasteiger partial charge in [0.1, 0.15) is 0 Å². The second kappa shape index (κ2) is 10.1. The van der Waals surface area contributed by atoms with Crippen LogP contribution >= 0.6 is 0 Å². The van der Waals surface area contributed by atoms with E-state index in [0.29, 0.717) is 17.5 Å². The quantitative estimate of drug-likeness (QED) is 0.225. The monoisotopic (exact) mass is 535 g/mol. The number of rotatable bonds is 4. The van der Waals surface area contributed by atoms with Crippen molar-refractivity contribution in [3.05, 3.63) is 152 Å². The minimum atomic E-state index is 0.659. The first-order valence-electron chi connectivity index (χ1n) is 14.1. The topological polar surface area (TPSA) is 38.7 Å². The van der Waals surface area contributed by atoms with Crippen molar-refractivity contribution in [2.45, 2.75) is 0 Å². The Morgan fingerprint density at radius 2 is 0.762 bits per heavy atom. The molecule has 0 saturated heterocycles. The highest BCUT2D eigenvalue weighted by Gasteiger charge is 2.16. The van der Waals surface area contributed by atoms with Crippen LogP contribution in [0.25, 0.3) is 77.6 Å². The van der Waals surface area contributed by atoms with Gasteiger partial charge in [-0.15, -0.1) is 0 Å². The molecule has 0 atom stereocenters. The van der Waals surface area contributed by atoms with Crippen LogP contribution in [0.2, 0.25) is 0 Å². The first kappa shape index (κ1) is 24.2. The molecule has 1 heterocycles. The van der Waals surface area contributed by atoms with Crippen molar-refractivity contribution in [1.82, 2.24) is 15.0 Å². The van der Waals surface area contributed by atoms with E-state index in [1.165, 1.54) is 32.7 Å². The molecule has 8 aromatic rings. The van der Waals surface area contributed by atoms with Gasteiger partial charge in [-0.25, -0.2) is 15.0 Å². The predicted octanol–water partition coefficient (Wildman–Crippen LogP) is 10.00. The van der Waals surface area contributed by atoms with E-state index in [2.05, 4.69) is 121 Å². The van der Waals surface area contributed by atoms with Crippen molar-refractivity contribution in [1.29, 1.82) is 0 Å². The molecule has 0 saturated carbocycles. The third-order valence-electron chi connectivity index (χ3n) is 7.90. The second-order valence-corrected chi connectivity index (χ2v) is 10.5. The molecule has 0 radical (unpaired) electrons. The number of benzene rings is 7.